The molecule has 0 radical (unpaired) electrons. The number of anilines is 1. The number of nitrogens with zero attached hydrogens (tertiary/aromatic N) is 2. The summed E-state index contributed by atoms with van der Waals surface area (Å²) in [5, 5.41) is 13.2. The molecule has 0 saturated carbocycles. The summed E-state index contributed by atoms with van der Waals surface area (Å²) in [6.45, 7) is 1.59. The number of nitrogen functional groups attached to an aromatic ring is 1. The number of fused-ring (bicyclic) bond motifs is 1. The van der Waals surface area contributed by atoms with Crippen LogP contribution in [-0.2, 0) is 4.74 Å². The third-order valence-electron chi connectivity index (χ3n) is 3.93. The van der Waals surface area contributed by atoms with Crippen molar-refractivity contribution < 1.29 is 24.0 Å². The minimum atomic E-state index is -0.921. The molecule has 0 spiro atoms. The van der Waals surface area contributed by atoms with E-state index in [1.807, 2.05) is 5.32 Å². The molecule has 1 aromatic heterocycles. The molecule has 2 aromatic rings. The van der Waals surface area contributed by atoms with E-state index in [4.69, 9.17) is 22.1 Å². The lowest BCUT2D eigenvalue weighted by atomic mass is 10.1. The predicted molar refractivity (Wildman–Crippen MR) is 95.9 cm³/mol. The molecule has 2 amide bonds. The van der Waals surface area contributed by atoms with Crippen molar-refractivity contribution >= 4 is 40.9 Å². The summed E-state index contributed by atoms with van der Waals surface area (Å²) in [7, 11) is 0. The highest BCUT2D eigenvalue weighted by Gasteiger charge is 2.34. The highest BCUT2D eigenvalue weighted by atomic mass is 35.5. The summed E-state index contributed by atoms with van der Waals surface area (Å²) in [6.07, 6.45) is 0. The molecule has 1 aliphatic heterocycles. The number of esters is 1. The Labute approximate surface area is 160 Å². The second kappa shape index (κ2) is 6.78. The van der Waals surface area contributed by atoms with Gasteiger partial charge in [0.15, 0.2) is 0 Å². The Hall–Kier alpha value is -3.73. The van der Waals surface area contributed by atoms with Gasteiger partial charge in [0.1, 0.15) is 11.5 Å². The van der Waals surface area contributed by atoms with Crippen LogP contribution in [0, 0.1) is 10.1 Å². The first-order valence-corrected chi connectivity index (χ1v) is 8.11. The van der Waals surface area contributed by atoms with Gasteiger partial charge in [0.05, 0.1) is 33.2 Å². The van der Waals surface area contributed by atoms with Crippen molar-refractivity contribution in [2.75, 3.05) is 12.3 Å². The van der Waals surface area contributed by atoms with E-state index in [0.29, 0.717) is 4.57 Å². The zero-order valence-electron chi connectivity index (χ0n) is 14.1. The fourth-order valence-electron chi connectivity index (χ4n) is 2.79. The van der Waals surface area contributed by atoms with Crippen LogP contribution in [-0.4, -0.2) is 33.9 Å². The van der Waals surface area contributed by atoms with Gasteiger partial charge in [-0.05, 0) is 13.0 Å². The largest absolute Gasteiger partial charge is 0.462 e. The topological polar surface area (TPSA) is 164 Å². The van der Waals surface area contributed by atoms with Gasteiger partial charge in [0.2, 0.25) is 0 Å². The number of nitro benzene ring substituents is 1. The number of nitro groups is 1. The van der Waals surface area contributed by atoms with Crippen LogP contribution in [0.3, 0.4) is 0 Å². The van der Waals surface area contributed by atoms with Crippen molar-refractivity contribution in [1.82, 2.24) is 9.88 Å². The molecule has 3 rings (SSSR count). The van der Waals surface area contributed by atoms with Gasteiger partial charge in [-0.3, -0.25) is 34.4 Å². The molecule has 1 aromatic carbocycles. The number of rotatable bonds is 4. The van der Waals surface area contributed by atoms with Gasteiger partial charge < -0.3 is 10.5 Å². The molecule has 144 valence electrons. The molecule has 0 fully saturated rings. The maximum Gasteiger partial charge on any atom is 0.338 e. The van der Waals surface area contributed by atoms with Crippen molar-refractivity contribution in [2.45, 2.75) is 6.92 Å². The molecule has 0 unspecified atom stereocenters. The SMILES string of the molecule is CCOC(=O)c1cc(Cl)c(-n2c(N)c3c(cc2=O)C(=O)NC3=O)c([N+](=O)[O-])c1. The molecule has 0 saturated heterocycles. The highest BCUT2D eigenvalue weighted by molar-refractivity contribution is 6.33. The maximum absolute atomic E-state index is 12.5. The molecule has 3 N–H and O–H groups in total. The molecule has 0 bridgehead atoms. The Kier molecular flexibility index (Phi) is 4.61. The third-order valence-corrected chi connectivity index (χ3v) is 4.22. The maximum atomic E-state index is 12.5. The Bertz CT molecular complexity index is 1140. The molecular formula is C16H11ClN4O7. The molecule has 2 heterocycles. The first-order valence-electron chi connectivity index (χ1n) is 7.74. The number of pyridine rings is 1. The van der Waals surface area contributed by atoms with E-state index in [-0.39, 0.29) is 28.3 Å². The van der Waals surface area contributed by atoms with E-state index in [1.165, 1.54) is 0 Å². The molecule has 12 heteroatoms. The van der Waals surface area contributed by atoms with E-state index in [0.717, 1.165) is 18.2 Å². The van der Waals surface area contributed by atoms with E-state index < -0.39 is 45.5 Å². The van der Waals surface area contributed by atoms with Gasteiger partial charge in [-0.15, -0.1) is 0 Å². The van der Waals surface area contributed by atoms with Crippen molar-refractivity contribution in [3.63, 3.8) is 0 Å². The molecule has 0 aliphatic carbocycles. The number of carbonyl (C=O) groups is 3. The molecule has 11 nitrogen and oxygen atoms in total. The normalized spacial score (nSPS) is 12.5. The smallest absolute Gasteiger partial charge is 0.338 e. The fourth-order valence-corrected chi connectivity index (χ4v) is 3.09. The second-order valence-electron chi connectivity index (χ2n) is 5.58. The zero-order valence-corrected chi connectivity index (χ0v) is 14.9. The average molecular weight is 407 g/mol. The summed E-state index contributed by atoms with van der Waals surface area (Å²) in [4.78, 5) is 58.8. The minimum absolute atomic E-state index is 0.0341. The Morgan fingerprint density at radius 1 is 1.29 bits per heavy atom. The van der Waals surface area contributed by atoms with Crippen LogP contribution in [0.15, 0.2) is 23.0 Å². The Morgan fingerprint density at radius 3 is 2.57 bits per heavy atom. The van der Waals surface area contributed by atoms with Gasteiger partial charge >= 0.3 is 5.97 Å². The quantitative estimate of drug-likeness (QED) is 0.329. The van der Waals surface area contributed by atoms with Gasteiger partial charge in [-0.2, -0.15) is 0 Å². The number of halogens is 1. The molecular weight excluding hydrogens is 396 g/mol. The van der Waals surface area contributed by atoms with E-state index in [9.17, 15) is 29.3 Å². The summed E-state index contributed by atoms with van der Waals surface area (Å²) in [5.41, 5.74) is 3.05. The zero-order chi connectivity index (χ0) is 20.7. The molecule has 1 aliphatic rings. The van der Waals surface area contributed by atoms with Crippen LogP contribution in [0.4, 0.5) is 11.5 Å². The van der Waals surface area contributed by atoms with Gasteiger partial charge in [-0.1, -0.05) is 11.6 Å². The lowest BCUT2D eigenvalue weighted by molar-refractivity contribution is -0.384. The van der Waals surface area contributed by atoms with Crippen LogP contribution >= 0.6 is 11.6 Å². The minimum Gasteiger partial charge on any atom is -0.462 e. The fraction of sp³-hybridized carbons (Fsp3) is 0.125. The number of imide groups is 1. The van der Waals surface area contributed by atoms with E-state index >= 15 is 0 Å². The van der Waals surface area contributed by atoms with Gasteiger partial charge in [-0.25, -0.2) is 4.79 Å². The number of hydrogen-bond donors (Lipinski definition) is 2. The summed E-state index contributed by atoms with van der Waals surface area (Å²) < 4.78 is 5.44. The highest BCUT2D eigenvalue weighted by Crippen LogP contribution is 2.34. The van der Waals surface area contributed by atoms with Crippen molar-refractivity contribution in [2.24, 2.45) is 0 Å². The monoisotopic (exact) mass is 406 g/mol. The third kappa shape index (κ3) is 2.87. The number of hydrogen-bond acceptors (Lipinski definition) is 8. The summed E-state index contributed by atoms with van der Waals surface area (Å²) in [6, 6.07) is 2.78. The number of amides is 2. The van der Waals surface area contributed by atoms with Crippen LogP contribution in [0.5, 0.6) is 0 Å². The first kappa shape index (κ1) is 19.0. The standard InChI is InChI=1S/C16H11ClN4O7/c1-2-28-16(25)6-3-8(17)12(9(4-6)21(26)27)20-10(22)5-7-11(13(20)18)15(24)19-14(7)23/h3-5H,2,18H2,1H3,(H,19,23,24). The number of benzene rings is 1. The van der Waals surface area contributed by atoms with Gasteiger partial charge in [0.25, 0.3) is 23.1 Å². The van der Waals surface area contributed by atoms with Crippen molar-refractivity contribution in [1.29, 1.82) is 0 Å². The Balaban J connectivity index is 2.34. The van der Waals surface area contributed by atoms with Crippen molar-refractivity contribution in [3.05, 3.63) is 60.4 Å². The number of carbonyl (C=O) groups excluding carboxylic acids is 3. The number of ether oxygens (including phenoxy) is 1. The van der Waals surface area contributed by atoms with E-state index in [1.54, 1.807) is 6.92 Å². The van der Waals surface area contributed by atoms with Crippen LogP contribution < -0.4 is 16.6 Å². The lowest BCUT2D eigenvalue weighted by Gasteiger charge is -2.14. The van der Waals surface area contributed by atoms with Crippen LogP contribution in [0.2, 0.25) is 5.02 Å². The van der Waals surface area contributed by atoms with Gasteiger partial charge in [0, 0.05) is 12.1 Å². The lowest BCUT2D eigenvalue weighted by Crippen LogP contribution is -2.25. The molecule has 0 atom stereocenters. The van der Waals surface area contributed by atoms with E-state index in [2.05, 4.69) is 0 Å². The molecule has 28 heavy (non-hydrogen) atoms. The van der Waals surface area contributed by atoms with Crippen LogP contribution in [0.1, 0.15) is 38.0 Å². The predicted octanol–water partition coefficient (Wildman–Crippen LogP) is 1.04. The second-order valence-corrected chi connectivity index (χ2v) is 5.99. The average Bonchev–Trinajstić information content (AvgIpc) is 2.89. The van der Waals surface area contributed by atoms with Crippen LogP contribution in [0.25, 0.3) is 5.69 Å². The van der Waals surface area contributed by atoms with Crippen molar-refractivity contribution in [3.8, 4) is 5.69 Å². The number of nitrogens with one attached hydrogen (secondary N) is 1. The Morgan fingerprint density at radius 2 is 1.96 bits per heavy atom. The summed E-state index contributed by atoms with van der Waals surface area (Å²) >= 11 is 6.12. The summed E-state index contributed by atoms with van der Waals surface area (Å²) in [5.74, 6) is -3.01. The number of nitrogens with two attached hydrogens (primary N) is 1. The first-order chi connectivity index (χ1) is 13.2. The number of aromatic nitrogens is 1.